The van der Waals surface area contributed by atoms with Gasteiger partial charge in [0, 0.05) is 24.0 Å². The fraction of sp³-hybridized carbons (Fsp3) is 0.0952. The first-order valence-electron chi connectivity index (χ1n) is 8.54. The molecule has 6 nitrogen and oxygen atoms in total. The molecular formula is C21H23N3O3S. The first-order valence-corrected chi connectivity index (χ1v) is 10.0. The fourth-order valence-electron chi connectivity index (χ4n) is 2.21. The third kappa shape index (κ3) is 6.77. The number of para-hydroxylation sites is 1. The van der Waals surface area contributed by atoms with E-state index < -0.39 is 10.0 Å². The number of nitrogen functional groups attached to an aromatic ring is 1. The van der Waals surface area contributed by atoms with Crippen LogP contribution in [0.3, 0.4) is 0 Å². The van der Waals surface area contributed by atoms with Crippen LogP contribution in [0.4, 0.5) is 17.1 Å². The number of benzene rings is 3. The summed E-state index contributed by atoms with van der Waals surface area (Å²) in [7, 11) is -3.60. The van der Waals surface area contributed by atoms with E-state index >= 15 is 0 Å². The van der Waals surface area contributed by atoms with Crippen LogP contribution >= 0.6 is 0 Å². The Hall–Kier alpha value is -3.32. The Morgan fingerprint density at radius 3 is 1.82 bits per heavy atom. The summed E-state index contributed by atoms with van der Waals surface area (Å²) in [6, 6.07) is 22.5. The van der Waals surface area contributed by atoms with Crippen LogP contribution in [0, 0.1) is 6.92 Å². The molecule has 0 atom stereocenters. The first-order chi connectivity index (χ1) is 13.3. The highest BCUT2D eigenvalue weighted by molar-refractivity contribution is 7.92. The van der Waals surface area contributed by atoms with Gasteiger partial charge in [0.15, 0.2) is 0 Å². The van der Waals surface area contributed by atoms with Gasteiger partial charge in [0.1, 0.15) is 0 Å². The summed E-state index contributed by atoms with van der Waals surface area (Å²) in [5, 5.41) is 2.62. The Labute approximate surface area is 165 Å². The van der Waals surface area contributed by atoms with Crippen LogP contribution in [0.1, 0.15) is 12.5 Å². The molecule has 0 bridgehead atoms. The second-order valence-corrected chi connectivity index (χ2v) is 7.77. The van der Waals surface area contributed by atoms with Gasteiger partial charge in [0.25, 0.3) is 10.0 Å². The summed E-state index contributed by atoms with van der Waals surface area (Å²) in [5.41, 5.74) is 8.22. The molecule has 0 spiro atoms. The van der Waals surface area contributed by atoms with Crippen molar-refractivity contribution in [3.8, 4) is 0 Å². The minimum atomic E-state index is -3.60. The third-order valence-corrected chi connectivity index (χ3v) is 4.99. The Balaban J connectivity index is 0.000000336. The van der Waals surface area contributed by atoms with Gasteiger partial charge in [0.05, 0.1) is 4.90 Å². The zero-order valence-corrected chi connectivity index (χ0v) is 16.5. The monoisotopic (exact) mass is 397 g/mol. The van der Waals surface area contributed by atoms with E-state index in [9.17, 15) is 13.2 Å². The van der Waals surface area contributed by atoms with Crippen molar-refractivity contribution in [1.82, 2.24) is 0 Å². The maximum atomic E-state index is 12.2. The second kappa shape index (κ2) is 9.57. The summed E-state index contributed by atoms with van der Waals surface area (Å²) in [6.07, 6.45) is 0. The van der Waals surface area contributed by atoms with Crippen molar-refractivity contribution in [2.75, 3.05) is 15.8 Å². The fourth-order valence-corrected chi connectivity index (χ4v) is 3.27. The number of rotatable bonds is 4. The third-order valence-electron chi connectivity index (χ3n) is 3.59. The molecule has 3 aromatic carbocycles. The van der Waals surface area contributed by atoms with Crippen LogP contribution in [-0.4, -0.2) is 14.3 Å². The van der Waals surface area contributed by atoms with Crippen molar-refractivity contribution in [1.29, 1.82) is 0 Å². The number of aryl methyl sites for hydroxylation is 1. The molecule has 4 N–H and O–H groups in total. The molecule has 28 heavy (non-hydrogen) atoms. The molecule has 1 amide bonds. The molecule has 0 aliphatic rings. The Morgan fingerprint density at radius 1 is 0.821 bits per heavy atom. The standard InChI is InChI=1S/C15H16N2O3S.C6H7N/c1-11-3-9-15(10-4-11)21(19,20)17-14-7-5-13(6-8-14)16-12(2)18;7-6-4-2-1-3-5-6/h3-10,17H,1-2H3,(H,16,18);1-5H,7H2. The van der Waals surface area contributed by atoms with Gasteiger partial charge in [-0.25, -0.2) is 8.42 Å². The van der Waals surface area contributed by atoms with Crippen molar-refractivity contribution >= 4 is 33.0 Å². The highest BCUT2D eigenvalue weighted by atomic mass is 32.2. The van der Waals surface area contributed by atoms with Crippen LogP contribution in [-0.2, 0) is 14.8 Å². The average Bonchev–Trinajstić information content (AvgIpc) is 2.64. The van der Waals surface area contributed by atoms with Gasteiger partial charge in [-0.2, -0.15) is 0 Å². The Kier molecular flexibility index (Phi) is 7.17. The molecule has 0 unspecified atom stereocenters. The molecule has 0 aromatic heterocycles. The minimum Gasteiger partial charge on any atom is -0.399 e. The quantitative estimate of drug-likeness (QED) is 0.579. The summed E-state index contributed by atoms with van der Waals surface area (Å²) in [5.74, 6) is -0.178. The molecule has 3 aromatic rings. The van der Waals surface area contributed by atoms with Crippen LogP contribution < -0.4 is 15.8 Å². The van der Waals surface area contributed by atoms with E-state index in [-0.39, 0.29) is 10.8 Å². The second-order valence-electron chi connectivity index (χ2n) is 6.09. The van der Waals surface area contributed by atoms with Crippen LogP contribution in [0.2, 0.25) is 0 Å². The number of sulfonamides is 1. The maximum absolute atomic E-state index is 12.2. The van der Waals surface area contributed by atoms with Crippen molar-refractivity contribution in [2.45, 2.75) is 18.7 Å². The summed E-state index contributed by atoms with van der Waals surface area (Å²) in [6.45, 7) is 3.30. The maximum Gasteiger partial charge on any atom is 0.261 e. The van der Waals surface area contributed by atoms with Gasteiger partial charge in [0.2, 0.25) is 5.91 Å². The lowest BCUT2D eigenvalue weighted by atomic mass is 10.2. The molecular weight excluding hydrogens is 374 g/mol. The predicted octanol–water partition coefficient (Wildman–Crippen LogP) is 4.02. The smallest absolute Gasteiger partial charge is 0.261 e. The van der Waals surface area contributed by atoms with Crippen LogP contribution in [0.15, 0.2) is 83.8 Å². The highest BCUT2D eigenvalue weighted by Crippen LogP contribution is 2.18. The van der Waals surface area contributed by atoms with Crippen LogP contribution in [0.5, 0.6) is 0 Å². The van der Waals surface area contributed by atoms with E-state index in [1.165, 1.54) is 6.92 Å². The zero-order chi connectivity index (χ0) is 20.6. The molecule has 0 aliphatic heterocycles. The molecule has 0 aliphatic carbocycles. The molecule has 0 radical (unpaired) electrons. The number of carbonyl (C=O) groups is 1. The van der Waals surface area contributed by atoms with E-state index in [2.05, 4.69) is 10.0 Å². The zero-order valence-electron chi connectivity index (χ0n) is 15.7. The molecule has 0 saturated heterocycles. The van der Waals surface area contributed by atoms with Crippen molar-refractivity contribution in [3.05, 3.63) is 84.4 Å². The minimum absolute atomic E-state index is 0.178. The number of nitrogens with two attached hydrogens (primary N) is 1. The average molecular weight is 398 g/mol. The van der Waals surface area contributed by atoms with Crippen molar-refractivity contribution in [3.63, 3.8) is 0 Å². The number of hydrogen-bond donors (Lipinski definition) is 3. The molecule has 146 valence electrons. The molecule has 0 saturated carbocycles. The lowest BCUT2D eigenvalue weighted by Gasteiger charge is -2.09. The topological polar surface area (TPSA) is 101 Å². The lowest BCUT2D eigenvalue weighted by molar-refractivity contribution is -0.114. The van der Waals surface area contributed by atoms with Gasteiger partial charge < -0.3 is 11.1 Å². The highest BCUT2D eigenvalue weighted by Gasteiger charge is 2.13. The number of amides is 1. The van der Waals surface area contributed by atoms with E-state index in [0.29, 0.717) is 11.4 Å². The Morgan fingerprint density at radius 2 is 1.36 bits per heavy atom. The number of carbonyl (C=O) groups excluding carboxylic acids is 1. The first kappa shape index (κ1) is 21.0. The van der Waals surface area contributed by atoms with E-state index in [4.69, 9.17) is 5.73 Å². The lowest BCUT2D eigenvalue weighted by Crippen LogP contribution is -2.13. The molecule has 3 rings (SSSR count). The largest absolute Gasteiger partial charge is 0.399 e. The molecule has 0 heterocycles. The number of nitrogens with one attached hydrogen (secondary N) is 2. The summed E-state index contributed by atoms with van der Waals surface area (Å²) < 4.78 is 26.9. The molecule has 7 heteroatoms. The summed E-state index contributed by atoms with van der Waals surface area (Å²) >= 11 is 0. The van der Waals surface area contributed by atoms with E-state index in [0.717, 1.165) is 11.3 Å². The number of anilines is 3. The Bertz CT molecular complexity index is 1000. The van der Waals surface area contributed by atoms with Crippen LogP contribution in [0.25, 0.3) is 0 Å². The normalized spacial score (nSPS) is 10.4. The van der Waals surface area contributed by atoms with Crippen molar-refractivity contribution in [2.24, 2.45) is 0 Å². The van der Waals surface area contributed by atoms with E-state index in [1.54, 1.807) is 48.5 Å². The van der Waals surface area contributed by atoms with Gasteiger partial charge in [-0.15, -0.1) is 0 Å². The van der Waals surface area contributed by atoms with Crippen molar-refractivity contribution < 1.29 is 13.2 Å². The van der Waals surface area contributed by atoms with E-state index in [1.807, 2.05) is 37.3 Å². The molecule has 0 fully saturated rings. The summed E-state index contributed by atoms with van der Waals surface area (Å²) in [4.78, 5) is 11.1. The van der Waals surface area contributed by atoms with Gasteiger partial charge in [-0.05, 0) is 55.5 Å². The van der Waals surface area contributed by atoms with Gasteiger partial charge in [-0.1, -0.05) is 35.9 Å². The van der Waals surface area contributed by atoms with Gasteiger partial charge in [-0.3, -0.25) is 9.52 Å². The SMILES string of the molecule is CC(=O)Nc1ccc(NS(=O)(=O)c2ccc(C)cc2)cc1.Nc1ccccc1. The van der Waals surface area contributed by atoms with Gasteiger partial charge >= 0.3 is 0 Å². The number of hydrogen-bond acceptors (Lipinski definition) is 4. The predicted molar refractivity (Wildman–Crippen MR) is 114 cm³/mol.